The number of amides is 1. The highest BCUT2D eigenvalue weighted by Crippen LogP contribution is 2.06. The first kappa shape index (κ1) is 12.3. The van der Waals surface area contributed by atoms with Crippen molar-refractivity contribution in [3.8, 4) is 0 Å². The van der Waals surface area contributed by atoms with Crippen LogP contribution in [0.4, 0.5) is 0 Å². The number of hydrogen-bond acceptors (Lipinski definition) is 4. The minimum Gasteiger partial charge on any atom is -0.379 e. The van der Waals surface area contributed by atoms with E-state index >= 15 is 0 Å². The fraction of sp³-hybridized carbons (Fsp3) is 0.778. The summed E-state index contributed by atoms with van der Waals surface area (Å²) >= 11 is 1.29. The summed E-state index contributed by atoms with van der Waals surface area (Å²) in [6.45, 7) is 2.71. The number of morpholine rings is 1. The van der Waals surface area contributed by atoms with Gasteiger partial charge in [-0.3, -0.25) is 10.2 Å². The van der Waals surface area contributed by atoms with Gasteiger partial charge in [0.15, 0.2) is 5.17 Å². The van der Waals surface area contributed by atoms with Gasteiger partial charge in [-0.05, 0) is 6.42 Å². The van der Waals surface area contributed by atoms with Crippen LogP contribution in [-0.4, -0.2) is 48.0 Å². The maximum Gasteiger partial charge on any atom is 0.222 e. The lowest BCUT2D eigenvalue weighted by Gasteiger charge is -2.26. The summed E-state index contributed by atoms with van der Waals surface area (Å²) in [4.78, 5) is 13.5. The van der Waals surface area contributed by atoms with Gasteiger partial charge in [0.25, 0.3) is 0 Å². The second-order valence-electron chi connectivity index (χ2n) is 3.31. The Hall–Kier alpha value is -0.750. The predicted octanol–water partition coefficient (Wildman–Crippen LogP) is 0.252. The van der Waals surface area contributed by atoms with Crippen LogP contribution in [0.5, 0.6) is 0 Å². The Bertz CT molecular complexity index is 229. The number of thioether (sulfide) groups is 1. The van der Waals surface area contributed by atoms with Crippen LogP contribution in [-0.2, 0) is 9.53 Å². The summed E-state index contributed by atoms with van der Waals surface area (Å²) in [5.74, 6) is 0.924. The first-order valence-electron chi connectivity index (χ1n) is 5.02. The first-order chi connectivity index (χ1) is 7.20. The van der Waals surface area contributed by atoms with Crippen molar-refractivity contribution in [3.63, 3.8) is 0 Å². The van der Waals surface area contributed by atoms with E-state index in [9.17, 15) is 4.79 Å². The van der Waals surface area contributed by atoms with Gasteiger partial charge < -0.3 is 15.4 Å². The third-order valence-corrected chi connectivity index (χ3v) is 2.96. The maximum atomic E-state index is 11.6. The second kappa shape index (κ2) is 6.68. The quantitative estimate of drug-likeness (QED) is 0.413. The molecular weight excluding hydrogens is 214 g/mol. The summed E-state index contributed by atoms with van der Waals surface area (Å²) < 4.78 is 5.16. The zero-order valence-corrected chi connectivity index (χ0v) is 9.52. The van der Waals surface area contributed by atoms with Crippen LogP contribution in [0, 0.1) is 5.41 Å². The third kappa shape index (κ3) is 5.03. The highest BCUT2D eigenvalue weighted by molar-refractivity contribution is 8.13. The van der Waals surface area contributed by atoms with Crippen molar-refractivity contribution >= 4 is 22.8 Å². The van der Waals surface area contributed by atoms with E-state index in [4.69, 9.17) is 15.9 Å². The molecule has 0 atom stereocenters. The fourth-order valence-electron chi connectivity index (χ4n) is 1.38. The molecule has 15 heavy (non-hydrogen) atoms. The van der Waals surface area contributed by atoms with Crippen molar-refractivity contribution in [3.05, 3.63) is 0 Å². The van der Waals surface area contributed by atoms with Crippen LogP contribution >= 0.6 is 11.8 Å². The SMILES string of the molecule is N=C(N)SCCCC(=O)N1CCOCC1. The molecule has 1 amide bonds. The van der Waals surface area contributed by atoms with Gasteiger partial charge in [0.2, 0.25) is 5.91 Å². The number of nitrogens with zero attached hydrogens (tertiary/aromatic N) is 1. The lowest BCUT2D eigenvalue weighted by atomic mass is 10.3. The molecule has 0 aromatic rings. The van der Waals surface area contributed by atoms with Crippen molar-refractivity contribution in [2.75, 3.05) is 32.1 Å². The molecule has 6 heteroatoms. The molecule has 1 fully saturated rings. The largest absolute Gasteiger partial charge is 0.379 e. The third-order valence-electron chi connectivity index (χ3n) is 2.16. The van der Waals surface area contributed by atoms with Crippen molar-refractivity contribution in [1.29, 1.82) is 5.41 Å². The number of hydrogen-bond donors (Lipinski definition) is 2. The molecule has 0 spiro atoms. The van der Waals surface area contributed by atoms with Crippen LogP contribution in [0.1, 0.15) is 12.8 Å². The molecule has 0 saturated carbocycles. The smallest absolute Gasteiger partial charge is 0.222 e. The molecule has 0 radical (unpaired) electrons. The lowest BCUT2D eigenvalue weighted by molar-refractivity contribution is -0.135. The average Bonchev–Trinajstić information content (AvgIpc) is 2.25. The molecule has 0 bridgehead atoms. The van der Waals surface area contributed by atoms with Gasteiger partial charge in [0, 0.05) is 25.3 Å². The molecule has 1 saturated heterocycles. The van der Waals surface area contributed by atoms with E-state index in [0.717, 1.165) is 12.2 Å². The van der Waals surface area contributed by atoms with Crippen molar-refractivity contribution in [2.45, 2.75) is 12.8 Å². The number of ether oxygens (including phenoxy) is 1. The van der Waals surface area contributed by atoms with Gasteiger partial charge in [-0.1, -0.05) is 11.8 Å². The van der Waals surface area contributed by atoms with Gasteiger partial charge >= 0.3 is 0 Å². The van der Waals surface area contributed by atoms with E-state index in [1.165, 1.54) is 11.8 Å². The van der Waals surface area contributed by atoms with Gasteiger partial charge in [-0.2, -0.15) is 0 Å². The molecule has 0 aliphatic carbocycles. The lowest BCUT2D eigenvalue weighted by Crippen LogP contribution is -2.40. The van der Waals surface area contributed by atoms with Crippen LogP contribution in [0.2, 0.25) is 0 Å². The second-order valence-corrected chi connectivity index (χ2v) is 4.45. The molecule has 0 aromatic heterocycles. The summed E-state index contributed by atoms with van der Waals surface area (Å²) in [7, 11) is 0. The average molecular weight is 231 g/mol. The predicted molar refractivity (Wildman–Crippen MR) is 61.0 cm³/mol. The zero-order chi connectivity index (χ0) is 11.1. The Morgan fingerprint density at radius 2 is 2.13 bits per heavy atom. The molecule has 1 aliphatic rings. The van der Waals surface area contributed by atoms with E-state index < -0.39 is 0 Å². The summed E-state index contributed by atoms with van der Waals surface area (Å²) in [5, 5.41) is 7.12. The van der Waals surface area contributed by atoms with Crippen molar-refractivity contribution in [1.82, 2.24) is 4.90 Å². The van der Waals surface area contributed by atoms with Crippen LogP contribution in [0.15, 0.2) is 0 Å². The summed E-state index contributed by atoms with van der Waals surface area (Å²) in [6, 6.07) is 0. The normalized spacial score (nSPS) is 16.4. The molecule has 0 aromatic carbocycles. The number of carbonyl (C=O) groups excluding carboxylic acids is 1. The molecular formula is C9H17N3O2S. The van der Waals surface area contributed by atoms with E-state index in [2.05, 4.69) is 0 Å². The fourth-order valence-corrected chi connectivity index (χ4v) is 1.88. The molecule has 0 unspecified atom stereocenters. The maximum absolute atomic E-state index is 11.6. The Labute approximate surface area is 93.8 Å². The van der Waals surface area contributed by atoms with Gasteiger partial charge in [0.05, 0.1) is 13.2 Å². The van der Waals surface area contributed by atoms with E-state index in [0.29, 0.717) is 32.7 Å². The Kier molecular flexibility index (Phi) is 5.49. The number of rotatable bonds is 4. The number of amidine groups is 1. The minimum absolute atomic E-state index is 0.119. The molecule has 5 nitrogen and oxygen atoms in total. The molecule has 1 heterocycles. The highest BCUT2D eigenvalue weighted by atomic mass is 32.2. The van der Waals surface area contributed by atoms with Crippen LogP contribution < -0.4 is 5.73 Å². The summed E-state index contributed by atoms with van der Waals surface area (Å²) in [5.41, 5.74) is 5.19. The van der Waals surface area contributed by atoms with Crippen LogP contribution in [0.25, 0.3) is 0 Å². The first-order valence-corrected chi connectivity index (χ1v) is 6.01. The monoisotopic (exact) mass is 231 g/mol. The van der Waals surface area contributed by atoms with E-state index in [1.807, 2.05) is 4.90 Å². The van der Waals surface area contributed by atoms with E-state index in [-0.39, 0.29) is 11.1 Å². The zero-order valence-electron chi connectivity index (χ0n) is 8.70. The standard InChI is InChI=1S/C9H17N3O2S/c10-9(11)15-7-1-2-8(13)12-3-5-14-6-4-12/h1-7H2,(H3,10,11). The van der Waals surface area contributed by atoms with Gasteiger partial charge in [-0.25, -0.2) is 0 Å². The number of nitrogens with two attached hydrogens (primary N) is 1. The summed E-state index contributed by atoms with van der Waals surface area (Å²) in [6.07, 6.45) is 1.32. The van der Waals surface area contributed by atoms with E-state index in [1.54, 1.807) is 0 Å². The van der Waals surface area contributed by atoms with Gasteiger partial charge in [0.1, 0.15) is 0 Å². The van der Waals surface area contributed by atoms with Crippen molar-refractivity contribution < 1.29 is 9.53 Å². The Balaban J connectivity index is 2.09. The molecule has 1 rings (SSSR count). The topological polar surface area (TPSA) is 79.4 Å². The van der Waals surface area contributed by atoms with Crippen molar-refractivity contribution in [2.24, 2.45) is 5.73 Å². The molecule has 3 N–H and O–H groups in total. The van der Waals surface area contributed by atoms with Gasteiger partial charge in [-0.15, -0.1) is 0 Å². The molecule has 1 aliphatic heterocycles. The highest BCUT2D eigenvalue weighted by Gasteiger charge is 2.15. The minimum atomic E-state index is 0.119. The Morgan fingerprint density at radius 3 is 2.73 bits per heavy atom. The molecule has 86 valence electrons. The number of nitrogens with one attached hydrogen (secondary N) is 1. The Morgan fingerprint density at radius 1 is 1.47 bits per heavy atom. The van der Waals surface area contributed by atoms with Crippen LogP contribution in [0.3, 0.4) is 0 Å². The number of carbonyl (C=O) groups is 1.